The monoisotopic (exact) mass is 280 g/mol. The summed E-state index contributed by atoms with van der Waals surface area (Å²) in [7, 11) is 0. The van der Waals surface area contributed by atoms with Crippen LogP contribution in [0, 0.1) is 6.92 Å². The lowest BCUT2D eigenvalue weighted by atomic mass is 10.1. The molecule has 3 rings (SSSR count). The number of carbonyl (C=O) groups is 1. The van der Waals surface area contributed by atoms with Gasteiger partial charge < -0.3 is 5.73 Å². The molecule has 0 spiro atoms. The molecule has 2 amide bonds. The van der Waals surface area contributed by atoms with Crippen LogP contribution >= 0.6 is 0 Å². The van der Waals surface area contributed by atoms with Crippen LogP contribution in [-0.2, 0) is 0 Å². The van der Waals surface area contributed by atoms with Crippen LogP contribution in [-0.4, -0.2) is 17.4 Å². The lowest BCUT2D eigenvalue weighted by Gasteiger charge is -2.31. The standard InChI is InChI=1S/C16H16N4O/c1-12-6-5-9-14(10-12)20-15(13-7-3-2-4-8-13)18-11-19(20)16(17)21/h2-11,15H,1H3,(H2,17,21). The Balaban J connectivity index is 2.04. The van der Waals surface area contributed by atoms with Crippen molar-refractivity contribution < 1.29 is 4.79 Å². The largest absolute Gasteiger partial charge is 0.350 e. The summed E-state index contributed by atoms with van der Waals surface area (Å²) in [6, 6.07) is 17.2. The van der Waals surface area contributed by atoms with E-state index in [0.29, 0.717) is 0 Å². The molecule has 5 heteroatoms. The van der Waals surface area contributed by atoms with Crippen molar-refractivity contribution in [1.82, 2.24) is 5.01 Å². The molecule has 1 unspecified atom stereocenters. The summed E-state index contributed by atoms with van der Waals surface area (Å²) in [4.78, 5) is 16.1. The first-order chi connectivity index (χ1) is 10.2. The molecule has 0 aliphatic carbocycles. The molecule has 21 heavy (non-hydrogen) atoms. The van der Waals surface area contributed by atoms with E-state index in [9.17, 15) is 4.79 Å². The highest BCUT2D eigenvalue weighted by Crippen LogP contribution is 2.33. The van der Waals surface area contributed by atoms with Crippen molar-refractivity contribution >= 4 is 18.1 Å². The molecule has 1 heterocycles. The zero-order chi connectivity index (χ0) is 14.8. The molecule has 1 aliphatic rings. The molecule has 0 fully saturated rings. The van der Waals surface area contributed by atoms with Gasteiger partial charge in [0, 0.05) is 0 Å². The topological polar surface area (TPSA) is 61.9 Å². The van der Waals surface area contributed by atoms with E-state index < -0.39 is 6.03 Å². The number of rotatable bonds is 2. The Morgan fingerprint density at radius 1 is 1.14 bits per heavy atom. The lowest BCUT2D eigenvalue weighted by Crippen LogP contribution is -2.46. The number of urea groups is 1. The second-order valence-electron chi connectivity index (χ2n) is 4.92. The normalized spacial score (nSPS) is 17.3. The highest BCUT2D eigenvalue weighted by Gasteiger charge is 2.32. The highest BCUT2D eigenvalue weighted by atomic mass is 16.2. The van der Waals surface area contributed by atoms with Crippen molar-refractivity contribution in [2.45, 2.75) is 13.1 Å². The van der Waals surface area contributed by atoms with Crippen molar-refractivity contribution in [3.8, 4) is 0 Å². The fourth-order valence-electron chi connectivity index (χ4n) is 2.41. The SMILES string of the molecule is Cc1cccc(N2C(c3ccccc3)N=CN2C(N)=O)c1. The lowest BCUT2D eigenvalue weighted by molar-refractivity contribution is 0.228. The van der Waals surface area contributed by atoms with Gasteiger partial charge in [-0.15, -0.1) is 0 Å². The van der Waals surface area contributed by atoms with Crippen LogP contribution < -0.4 is 10.7 Å². The average Bonchev–Trinajstić information content (AvgIpc) is 2.93. The van der Waals surface area contributed by atoms with Crippen molar-refractivity contribution in [3.05, 3.63) is 65.7 Å². The van der Waals surface area contributed by atoms with Crippen LogP contribution in [0.3, 0.4) is 0 Å². The number of amides is 2. The molecule has 1 aliphatic heterocycles. The Hall–Kier alpha value is -2.82. The number of carbonyl (C=O) groups excluding carboxylic acids is 1. The van der Waals surface area contributed by atoms with Gasteiger partial charge in [-0.2, -0.15) is 5.01 Å². The van der Waals surface area contributed by atoms with Crippen LogP contribution in [0.4, 0.5) is 10.5 Å². The maximum Gasteiger partial charge on any atom is 0.339 e. The summed E-state index contributed by atoms with van der Waals surface area (Å²) in [5.74, 6) is 0. The fourth-order valence-corrected chi connectivity index (χ4v) is 2.41. The second kappa shape index (κ2) is 5.28. The number of benzene rings is 2. The Morgan fingerprint density at radius 3 is 2.57 bits per heavy atom. The number of anilines is 1. The second-order valence-corrected chi connectivity index (χ2v) is 4.92. The molecule has 2 N–H and O–H groups in total. The molecule has 2 aromatic rings. The maximum absolute atomic E-state index is 11.7. The first kappa shape index (κ1) is 13.2. The van der Waals surface area contributed by atoms with E-state index in [0.717, 1.165) is 16.8 Å². The van der Waals surface area contributed by atoms with E-state index in [2.05, 4.69) is 4.99 Å². The summed E-state index contributed by atoms with van der Waals surface area (Å²) in [5.41, 5.74) is 8.44. The summed E-state index contributed by atoms with van der Waals surface area (Å²) >= 11 is 0. The van der Waals surface area contributed by atoms with E-state index >= 15 is 0 Å². The van der Waals surface area contributed by atoms with Crippen molar-refractivity contribution in [1.29, 1.82) is 0 Å². The summed E-state index contributed by atoms with van der Waals surface area (Å²) in [6.07, 6.45) is 1.18. The minimum absolute atomic E-state index is 0.291. The number of hydrogen-bond acceptors (Lipinski definition) is 3. The number of nitrogens with zero attached hydrogens (tertiary/aromatic N) is 3. The molecule has 106 valence electrons. The highest BCUT2D eigenvalue weighted by molar-refractivity contribution is 5.89. The molecule has 1 atom stereocenters. The first-order valence-electron chi connectivity index (χ1n) is 6.69. The molecule has 0 radical (unpaired) electrons. The van der Waals surface area contributed by atoms with Gasteiger partial charge in [0.05, 0.1) is 5.69 Å². The quantitative estimate of drug-likeness (QED) is 0.919. The molecule has 0 saturated carbocycles. The minimum Gasteiger partial charge on any atom is -0.350 e. The van der Waals surface area contributed by atoms with E-state index in [4.69, 9.17) is 5.73 Å². The Labute approximate surface area is 123 Å². The number of primary amides is 1. The number of aliphatic imine (C=N–C) groups is 1. The van der Waals surface area contributed by atoms with E-state index in [1.807, 2.05) is 61.5 Å². The van der Waals surface area contributed by atoms with Crippen molar-refractivity contribution in [2.24, 2.45) is 10.7 Å². The molecular weight excluding hydrogens is 264 g/mol. The van der Waals surface area contributed by atoms with Crippen molar-refractivity contribution in [2.75, 3.05) is 5.01 Å². The number of aryl methyl sites for hydroxylation is 1. The Bertz CT molecular complexity index is 684. The zero-order valence-electron chi connectivity index (χ0n) is 11.7. The third kappa shape index (κ3) is 2.45. The Morgan fingerprint density at radius 2 is 1.90 bits per heavy atom. The van der Waals surface area contributed by atoms with E-state index in [1.54, 1.807) is 5.01 Å². The third-order valence-corrected chi connectivity index (χ3v) is 3.37. The van der Waals surface area contributed by atoms with E-state index in [1.165, 1.54) is 11.3 Å². The smallest absolute Gasteiger partial charge is 0.339 e. The molecule has 0 saturated heterocycles. The van der Waals surface area contributed by atoms with Crippen LogP contribution in [0.15, 0.2) is 59.6 Å². The molecular formula is C16H16N4O. The van der Waals surface area contributed by atoms with Gasteiger partial charge in [0.1, 0.15) is 6.34 Å². The third-order valence-electron chi connectivity index (χ3n) is 3.37. The molecule has 0 aromatic heterocycles. The van der Waals surface area contributed by atoms with Crippen LogP contribution in [0.25, 0.3) is 0 Å². The molecule has 5 nitrogen and oxygen atoms in total. The first-order valence-corrected chi connectivity index (χ1v) is 6.69. The van der Waals surface area contributed by atoms with Gasteiger partial charge >= 0.3 is 6.03 Å². The fraction of sp³-hybridized carbons (Fsp3) is 0.125. The van der Waals surface area contributed by atoms with Gasteiger partial charge in [-0.3, -0.25) is 0 Å². The molecule has 2 aromatic carbocycles. The van der Waals surface area contributed by atoms with Crippen LogP contribution in [0.2, 0.25) is 0 Å². The van der Waals surface area contributed by atoms with Gasteiger partial charge in [0.25, 0.3) is 0 Å². The maximum atomic E-state index is 11.7. The van der Waals surface area contributed by atoms with Gasteiger partial charge in [-0.1, -0.05) is 42.5 Å². The summed E-state index contributed by atoms with van der Waals surface area (Å²) in [6.45, 7) is 2.01. The Kier molecular flexibility index (Phi) is 3.31. The van der Waals surface area contributed by atoms with Gasteiger partial charge in [-0.25, -0.2) is 14.8 Å². The van der Waals surface area contributed by atoms with E-state index in [-0.39, 0.29) is 6.17 Å². The van der Waals surface area contributed by atoms with Crippen LogP contribution in [0.5, 0.6) is 0 Å². The zero-order valence-corrected chi connectivity index (χ0v) is 11.7. The summed E-state index contributed by atoms with van der Waals surface area (Å²) in [5, 5.41) is 3.14. The average molecular weight is 280 g/mol. The van der Waals surface area contributed by atoms with Gasteiger partial charge in [-0.05, 0) is 30.2 Å². The van der Waals surface area contributed by atoms with Crippen LogP contribution in [0.1, 0.15) is 17.3 Å². The predicted octanol–water partition coefficient (Wildman–Crippen LogP) is 2.84. The minimum atomic E-state index is -0.557. The molecule has 0 bridgehead atoms. The van der Waals surface area contributed by atoms with Crippen molar-refractivity contribution in [3.63, 3.8) is 0 Å². The number of nitrogens with two attached hydrogens (primary N) is 1. The number of hydrazine groups is 1. The van der Waals surface area contributed by atoms with Gasteiger partial charge in [0.15, 0.2) is 6.17 Å². The predicted molar refractivity (Wildman–Crippen MR) is 82.8 cm³/mol. The van der Waals surface area contributed by atoms with Gasteiger partial charge in [0.2, 0.25) is 0 Å². The number of hydrogen-bond donors (Lipinski definition) is 1. The summed E-state index contributed by atoms with van der Waals surface area (Å²) < 4.78 is 0.